The van der Waals surface area contributed by atoms with Crippen LogP contribution in [0.4, 0.5) is 0 Å². The van der Waals surface area contributed by atoms with Gasteiger partial charge in [-0.25, -0.2) is 0 Å². The minimum atomic E-state index is -1.49. The molecule has 17 heavy (non-hydrogen) atoms. The molecule has 1 unspecified atom stereocenters. The Morgan fingerprint density at radius 3 is 1.94 bits per heavy atom. The predicted molar refractivity (Wildman–Crippen MR) is 68.8 cm³/mol. The lowest BCUT2D eigenvalue weighted by Crippen LogP contribution is -2.46. The second kappa shape index (κ2) is 5.76. The molecule has 0 amide bonds. The van der Waals surface area contributed by atoms with Gasteiger partial charge >= 0.3 is 0 Å². The van der Waals surface area contributed by atoms with Crippen LogP contribution >= 0.6 is 0 Å². The van der Waals surface area contributed by atoms with E-state index < -0.39 is 11.0 Å². The summed E-state index contributed by atoms with van der Waals surface area (Å²) in [5.41, 5.74) is -2.12. The Bertz CT molecular complexity index is 286. The van der Waals surface area contributed by atoms with E-state index in [1.54, 1.807) is 20.8 Å². The van der Waals surface area contributed by atoms with Crippen LogP contribution in [0.2, 0.25) is 0 Å². The molecule has 0 bridgehead atoms. The first-order valence-corrected chi connectivity index (χ1v) is 6.26. The standard InChI is InChI=1S/C14H26O3/c1-10(2)7-8-14(17,9-11(3)15)12(16)13(4,5)6/h10,17H,7-9H2,1-6H3. The lowest BCUT2D eigenvalue weighted by atomic mass is 9.75. The third-order valence-corrected chi connectivity index (χ3v) is 2.78. The highest BCUT2D eigenvalue weighted by Gasteiger charge is 2.42. The van der Waals surface area contributed by atoms with Gasteiger partial charge in [-0.1, -0.05) is 34.6 Å². The number of carbonyl (C=O) groups excluding carboxylic acids is 2. The summed E-state index contributed by atoms with van der Waals surface area (Å²) in [5, 5.41) is 10.5. The molecule has 0 radical (unpaired) electrons. The lowest BCUT2D eigenvalue weighted by molar-refractivity contribution is -0.150. The summed E-state index contributed by atoms with van der Waals surface area (Å²) >= 11 is 0. The van der Waals surface area contributed by atoms with E-state index in [4.69, 9.17) is 0 Å². The summed E-state index contributed by atoms with van der Waals surface area (Å²) in [7, 11) is 0. The van der Waals surface area contributed by atoms with Crippen molar-refractivity contribution in [3.05, 3.63) is 0 Å². The van der Waals surface area contributed by atoms with Gasteiger partial charge in [0, 0.05) is 11.8 Å². The predicted octanol–water partition coefficient (Wildman–Crippen LogP) is 2.75. The molecule has 0 aromatic carbocycles. The SMILES string of the molecule is CC(=O)CC(O)(CCC(C)C)C(=O)C(C)(C)C. The minimum Gasteiger partial charge on any atom is -0.382 e. The van der Waals surface area contributed by atoms with E-state index in [-0.39, 0.29) is 18.0 Å². The normalized spacial score (nSPS) is 15.8. The summed E-state index contributed by atoms with van der Waals surface area (Å²) in [6.45, 7) is 10.8. The number of carbonyl (C=O) groups is 2. The topological polar surface area (TPSA) is 54.4 Å². The average Bonchev–Trinajstić information content (AvgIpc) is 2.11. The van der Waals surface area contributed by atoms with Gasteiger partial charge in [-0.15, -0.1) is 0 Å². The fraction of sp³-hybridized carbons (Fsp3) is 0.857. The molecule has 0 spiro atoms. The molecular formula is C14H26O3. The Morgan fingerprint density at radius 1 is 1.18 bits per heavy atom. The molecule has 100 valence electrons. The van der Waals surface area contributed by atoms with Gasteiger partial charge < -0.3 is 5.11 Å². The van der Waals surface area contributed by atoms with Crippen LogP contribution in [0.3, 0.4) is 0 Å². The van der Waals surface area contributed by atoms with E-state index in [1.807, 2.05) is 13.8 Å². The molecular weight excluding hydrogens is 216 g/mol. The van der Waals surface area contributed by atoms with Gasteiger partial charge in [-0.3, -0.25) is 9.59 Å². The fourth-order valence-corrected chi connectivity index (χ4v) is 1.92. The Balaban J connectivity index is 4.96. The monoisotopic (exact) mass is 242 g/mol. The molecule has 0 aromatic rings. The highest BCUT2D eigenvalue weighted by atomic mass is 16.3. The lowest BCUT2D eigenvalue weighted by Gasteiger charge is -2.32. The maximum atomic E-state index is 12.2. The van der Waals surface area contributed by atoms with Crippen molar-refractivity contribution in [2.75, 3.05) is 0 Å². The minimum absolute atomic E-state index is 0.0736. The molecule has 0 fully saturated rings. The maximum Gasteiger partial charge on any atom is 0.170 e. The van der Waals surface area contributed by atoms with E-state index in [0.29, 0.717) is 12.3 Å². The van der Waals surface area contributed by atoms with Crippen molar-refractivity contribution in [1.82, 2.24) is 0 Å². The van der Waals surface area contributed by atoms with Gasteiger partial charge in [0.25, 0.3) is 0 Å². The summed E-state index contributed by atoms with van der Waals surface area (Å²) < 4.78 is 0. The average molecular weight is 242 g/mol. The Kier molecular flexibility index (Phi) is 5.53. The Morgan fingerprint density at radius 2 is 1.65 bits per heavy atom. The molecule has 0 aliphatic carbocycles. The number of rotatable bonds is 6. The van der Waals surface area contributed by atoms with Gasteiger partial charge in [0.15, 0.2) is 5.78 Å². The zero-order valence-electron chi connectivity index (χ0n) is 12.0. The van der Waals surface area contributed by atoms with Crippen molar-refractivity contribution in [3.8, 4) is 0 Å². The van der Waals surface area contributed by atoms with Crippen molar-refractivity contribution in [2.24, 2.45) is 11.3 Å². The maximum absolute atomic E-state index is 12.2. The second-order valence-corrected chi connectivity index (χ2v) is 6.42. The summed E-state index contributed by atoms with van der Waals surface area (Å²) in [4.78, 5) is 23.5. The van der Waals surface area contributed by atoms with E-state index >= 15 is 0 Å². The second-order valence-electron chi connectivity index (χ2n) is 6.42. The molecule has 0 rings (SSSR count). The van der Waals surface area contributed by atoms with Crippen LogP contribution in [-0.2, 0) is 9.59 Å². The molecule has 0 aromatic heterocycles. The molecule has 1 N–H and O–H groups in total. The van der Waals surface area contributed by atoms with E-state index in [9.17, 15) is 14.7 Å². The first-order valence-electron chi connectivity index (χ1n) is 6.26. The first-order chi connectivity index (χ1) is 7.49. The van der Waals surface area contributed by atoms with E-state index in [2.05, 4.69) is 0 Å². The molecule has 3 heteroatoms. The van der Waals surface area contributed by atoms with Gasteiger partial charge in [-0.2, -0.15) is 0 Å². The van der Waals surface area contributed by atoms with Crippen LogP contribution in [0.1, 0.15) is 60.8 Å². The van der Waals surface area contributed by atoms with Crippen LogP contribution in [-0.4, -0.2) is 22.3 Å². The van der Waals surface area contributed by atoms with Crippen LogP contribution < -0.4 is 0 Å². The van der Waals surface area contributed by atoms with Crippen molar-refractivity contribution in [3.63, 3.8) is 0 Å². The van der Waals surface area contributed by atoms with Gasteiger partial charge in [0.05, 0.1) is 0 Å². The zero-order valence-corrected chi connectivity index (χ0v) is 12.0. The summed E-state index contributed by atoms with van der Waals surface area (Å²) in [5.74, 6) is 0.0240. The zero-order chi connectivity index (χ0) is 13.9. The highest BCUT2D eigenvalue weighted by Crippen LogP contribution is 2.30. The van der Waals surface area contributed by atoms with E-state index in [0.717, 1.165) is 6.42 Å². The van der Waals surface area contributed by atoms with Crippen molar-refractivity contribution >= 4 is 11.6 Å². The molecule has 0 saturated heterocycles. The quantitative estimate of drug-likeness (QED) is 0.779. The fourth-order valence-electron chi connectivity index (χ4n) is 1.92. The molecule has 0 saturated carbocycles. The van der Waals surface area contributed by atoms with Crippen molar-refractivity contribution in [1.29, 1.82) is 0 Å². The number of hydrogen-bond donors (Lipinski definition) is 1. The molecule has 0 heterocycles. The van der Waals surface area contributed by atoms with Crippen LogP contribution in [0.25, 0.3) is 0 Å². The van der Waals surface area contributed by atoms with Crippen molar-refractivity contribution < 1.29 is 14.7 Å². The highest BCUT2D eigenvalue weighted by molar-refractivity contribution is 5.95. The number of aliphatic hydroxyl groups is 1. The third kappa shape index (κ3) is 5.44. The molecule has 3 nitrogen and oxygen atoms in total. The number of Topliss-reactive ketones (excluding diaryl/α,β-unsaturated/α-hetero) is 2. The first kappa shape index (κ1) is 16.3. The number of ketones is 2. The number of hydrogen-bond acceptors (Lipinski definition) is 3. The largest absolute Gasteiger partial charge is 0.382 e. The molecule has 0 aliphatic heterocycles. The summed E-state index contributed by atoms with van der Waals surface area (Å²) in [6, 6.07) is 0. The molecule has 1 atom stereocenters. The van der Waals surface area contributed by atoms with Crippen molar-refractivity contribution in [2.45, 2.75) is 66.4 Å². The Hall–Kier alpha value is -0.700. The van der Waals surface area contributed by atoms with Gasteiger partial charge in [0.2, 0.25) is 0 Å². The van der Waals surface area contributed by atoms with Crippen LogP contribution in [0.15, 0.2) is 0 Å². The van der Waals surface area contributed by atoms with Gasteiger partial charge in [-0.05, 0) is 25.7 Å². The summed E-state index contributed by atoms with van der Waals surface area (Å²) in [6.07, 6.45) is 1.03. The third-order valence-electron chi connectivity index (χ3n) is 2.78. The Labute approximate surface area is 105 Å². The van der Waals surface area contributed by atoms with Crippen LogP contribution in [0, 0.1) is 11.3 Å². The smallest absolute Gasteiger partial charge is 0.170 e. The van der Waals surface area contributed by atoms with Gasteiger partial charge in [0.1, 0.15) is 11.4 Å². The molecule has 0 aliphatic rings. The van der Waals surface area contributed by atoms with E-state index in [1.165, 1.54) is 6.92 Å². The van der Waals surface area contributed by atoms with Crippen LogP contribution in [0.5, 0.6) is 0 Å².